The molecule has 1 atom stereocenters. The Morgan fingerprint density at radius 1 is 1.16 bits per heavy atom. The Morgan fingerprint density at radius 3 is 3.00 bits per heavy atom. The lowest BCUT2D eigenvalue weighted by Gasteiger charge is -2.14. The first kappa shape index (κ1) is 14.6. The normalized spacial score (nSPS) is 16.5. The van der Waals surface area contributed by atoms with Crippen molar-refractivity contribution in [1.82, 2.24) is 4.57 Å². The lowest BCUT2D eigenvalue weighted by molar-refractivity contribution is -0.661. The number of aliphatic hydroxyl groups excluding tert-OH is 1. The van der Waals surface area contributed by atoms with Gasteiger partial charge in [0.2, 0.25) is 6.79 Å². The van der Waals surface area contributed by atoms with Crippen LogP contribution in [0.25, 0.3) is 11.0 Å². The number of nitrogens with zero attached hydrogens (tertiary/aromatic N) is 2. The maximum atomic E-state index is 10.8. The molecule has 128 valence electrons. The van der Waals surface area contributed by atoms with E-state index in [1.165, 1.54) is 5.52 Å². The number of imidazole rings is 1. The van der Waals surface area contributed by atoms with Gasteiger partial charge in [-0.15, -0.1) is 0 Å². The second-order valence-corrected chi connectivity index (χ2v) is 6.48. The molecule has 0 spiro atoms. The van der Waals surface area contributed by atoms with Crippen LogP contribution in [0.1, 0.15) is 18.1 Å². The molecule has 0 radical (unpaired) electrons. The molecular formula is C19H20N3O3+. The van der Waals surface area contributed by atoms with E-state index in [1.807, 2.05) is 24.3 Å². The van der Waals surface area contributed by atoms with Crippen molar-refractivity contribution in [3.63, 3.8) is 0 Å². The fourth-order valence-electron chi connectivity index (χ4n) is 3.73. The molecule has 0 aliphatic carbocycles. The van der Waals surface area contributed by atoms with E-state index in [1.54, 1.807) is 0 Å². The molecule has 1 aromatic heterocycles. The van der Waals surface area contributed by atoms with Crippen LogP contribution in [-0.2, 0) is 13.1 Å². The Bertz CT molecular complexity index is 950. The minimum atomic E-state index is -0.626. The molecule has 0 amide bonds. The number of rotatable bonds is 3. The molecule has 0 unspecified atom stereocenters. The summed E-state index contributed by atoms with van der Waals surface area (Å²) in [7, 11) is 0. The summed E-state index contributed by atoms with van der Waals surface area (Å²) < 4.78 is 15.2. The second kappa shape index (κ2) is 5.67. The predicted molar refractivity (Wildman–Crippen MR) is 92.8 cm³/mol. The minimum absolute atomic E-state index is 0.241. The molecule has 0 fully saturated rings. The zero-order valence-corrected chi connectivity index (χ0v) is 13.8. The number of hydrogen-bond donors (Lipinski definition) is 2. The number of para-hydroxylation sites is 2. The third-order valence-electron chi connectivity index (χ3n) is 4.95. The van der Waals surface area contributed by atoms with E-state index in [4.69, 9.17) is 9.47 Å². The Morgan fingerprint density at radius 2 is 2.04 bits per heavy atom. The molecule has 3 heterocycles. The fourth-order valence-corrected chi connectivity index (χ4v) is 3.73. The SMILES string of the molecule is O[C@H](Cn1c2[n+](c3ccccc31)CCCN2)c1ccc2c(c1)OCO2. The van der Waals surface area contributed by atoms with Crippen molar-refractivity contribution in [2.75, 3.05) is 18.7 Å². The summed E-state index contributed by atoms with van der Waals surface area (Å²) in [6, 6.07) is 14.0. The van der Waals surface area contributed by atoms with E-state index in [0.717, 1.165) is 42.3 Å². The smallest absolute Gasteiger partial charge is 0.358 e. The molecule has 25 heavy (non-hydrogen) atoms. The van der Waals surface area contributed by atoms with E-state index in [2.05, 4.69) is 32.7 Å². The molecule has 0 saturated carbocycles. The average Bonchev–Trinajstić information content (AvgIpc) is 3.25. The number of fused-ring (bicyclic) bond motifs is 4. The maximum Gasteiger partial charge on any atom is 0.358 e. The van der Waals surface area contributed by atoms with Crippen molar-refractivity contribution in [3.05, 3.63) is 48.0 Å². The minimum Gasteiger partial charge on any atom is -0.454 e. The maximum absolute atomic E-state index is 10.8. The first-order valence-electron chi connectivity index (χ1n) is 8.64. The van der Waals surface area contributed by atoms with Gasteiger partial charge in [-0.2, -0.15) is 0 Å². The Hall–Kier alpha value is -2.73. The van der Waals surface area contributed by atoms with E-state index in [0.29, 0.717) is 12.3 Å². The van der Waals surface area contributed by atoms with Crippen LogP contribution in [0.15, 0.2) is 42.5 Å². The summed E-state index contributed by atoms with van der Waals surface area (Å²) in [4.78, 5) is 0. The number of ether oxygens (including phenoxy) is 2. The van der Waals surface area contributed by atoms with Crippen LogP contribution in [-0.4, -0.2) is 23.0 Å². The fraction of sp³-hybridized carbons (Fsp3) is 0.316. The number of aryl methyl sites for hydroxylation is 1. The number of hydrogen-bond acceptors (Lipinski definition) is 4. The molecule has 2 aromatic carbocycles. The third-order valence-corrected chi connectivity index (χ3v) is 4.95. The van der Waals surface area contributed by atoms with Crippen LogP contribution in [0, 0.1) is 0 Å². The van der Waals surface area contributed by atoms with Gasteiger partial charge in [0.1, 0.15) is 23.7 Å². The van der Waals surface area contributed by atoms with Crippen LogP contribution in [0.4, 0.5) is 5.95 Å². The van der Waals surface area contributed by atoms with Crippen molar-refractivity contribution >= 4 is 17.0 Å². The molecule has 2 N–H and O–H groups in total. The molecule has 2 aliphatic heterocycles. The highest BCUT2D eigenvalue weighted by atomic mass is 16.7. The van der Waals surface area contributed by atoms with Crippen LogP contribution in [0.3, 0.4) is 0 Å². The molecule has 6 heteroatoms. The average molecular weight is 338 g/mol. The van der Waals surface area contributed by atoms with Gasteiger partial charge in [-0.1, -0.05) is 18.2 Å². The highest BCUT2D eigenvalue weighted by molar-refractivity contribution is 5.74. The molecule has 0 saturated heterocycles. The molecular weight excluding hydrogens is 318 g/mol. The Kier molecular flexibility index (Phi) is 3.31. The second-order valence-electron chi connectivity index (χ2n) is 6.48. The van der Waals surface area contributed by atoms with Crippen molar-refractivity contribution in [2.24, 2.45) is 0 Å². The molecule has 0 bridgehead atoms. The summed E-state index contributed by atoms with van der Waals surface area (Å²) in [5.41, 5.74) is 3.16. The van der Waals surface area contributed by atoms with Crippen LogP contribution >= 0.6 is 0 Å². The topological polar surface area (TPSA) is 59.5 Å². The summed E-state index contributed by atoms with van der Waals surface area (Å²) >= 11 is 0. The first-order valence-corrected chi connectivity index (χ1v) is 8.64. The van der Waals surface area contributed by atoms with Gasteiger partial charge >= 0.3 is 5.95 Å². The monoisotopic (exact) mass is 338 g/mol. The van der Waals surface area contributed by atoms with Crippen molar-refractivity contribution in [1.29, 1.82) is 0 Å². The van der Waals surface area contributed by atoms with Gasteiger partial charge < -0.3 is 14.6 Å². The summed E-state index contributed by atoms with van der Waals surface area (Å²) in [5, 5.41) is 14.3. The van der Waals surface area contributed by atoms with Gasteiger partial charge in [0.05, 0.1) is 13.1 Å². The number of benzene rings is 2. The predicted octanol–water partition coefficient (Wildman–Crippen LogP) is 2.21. The Labute approximate surface area is 145 Å². The zero-order chi connectivity index (χ0) is 16.8. The van der Waals surface area contributed by atoms with Crippen molar-refractivity contribution in [3.8, 4) is 11.5 Å². The largest absolute Gasteiger partial charge is 0.454 e. The van der Waals surface area contributed by atoms with Gasteiger partial charge in [0.15, 0.2) is 11.5 Å². The van der Waals surface area contributed by atoms with Gasteiger partial charge in [-0.25, -0.2) is 9.13 Å². The van der Waals surface area contributed by atoms with Gasteiger partial charge in [0, 0.05) is 6.42 Å². The standard InChI is InChI=1S/C19H19N3O3/c23-16(13-6-7-17-18(10-13)25-12-24-17)11-22-15-5-2-1-4-14(15)21-9-3-8-20-19(21)22/h1-2,4-7,10,16,23H,3,8-9,11-12H2/p+1/t16-/m1/s1. The lowest BCUT2D eigenvalue weighted by Crippen LogP contribution is -2.42. The molecule has 6 nitrogen and oxygen atoms in total. The van der Waals surface area contributed by atoms with E-state index >= 15 is 0 Å². The van der Waals surface area contributed by atoms with E-state index < -0.39 is 6.10 Å². The number of aromatic nitrogens is 2. The molecule has 3 aromatic rings. The van der Waals surface area contributed by atoms with Gasteiger partial charge in [-0.3, -0.25) is 5.32 Å². The third kappa shape index (κ3) is 2.33. The van der Waals surface area contributed by atoms with Gasteiger partial charge in [0.25, 0.3) is 0 Å². The lowest BCUT2D eigenvalue weighted by atomic mass is 10.1. The summed E-state index contributed by atoms with van der Waals surface area (Å²) in [6.45, 7) is 2.67. The number of nitrogens with one attached hydrogen (secondary N) is 1. The van der Waals surface area contributed by atoms with E-state index in [-0.39, 0.29) is 6.79 Å². The Balaban J connectivity index is 1.53. The molecule has 5 rings (SSSR count). The van der Waals surface area contributed by atoms with Crippen molar-refractivity contribution < 1.29 is 19.1 Å². The highest BCUT2D eigenvalue weighted by Crippen LogP contribution is 2.35. The highest BCUT2D eigenvalue weighted by Gasteiger charge is 2.28. The summed E-state index contributed by atoms with van der Waals surface area (Å²) in [5.74, 6) is 2.49. The number of aliphatic hydroxyl groups is 1. The quantitative estimate of drug-likeness (QED) is 0.719. The summed E-state index contributed by atoms with van der Waals surface area (Å²) in [6.07, 6.45) is 0.481. The number of anilines is 1. The first-order chi connectivity index (χ1) is 12.3. The van der Waals surface area contributed by atoms with Crippen LogP contribution in [0.2, 0.25) is 0 Å². The van der Waals surface area contributed by atoms with E-state index in [9.17, 15) is 5.11 Å². The zero-order valence-electron chi connectivity index (χ0n) is 13.8. The molecule has 2 aliphatic rings. The van der Waals surface area contributed by atoms with Crippen molar-refractivity contribution in [2.45, 2.75) is 25.6 Å². The van der Waals surface area contributed by atoms with Crippen LogP contribution in [0.5, 0.6) is 11.5 Å². The van der Waals surface area contributed by atoms with Gasteiger partial charge in [-0.05, 0) is 29.8 Å². The van der Waals surface area contributed by atoms with Crippen LogP contribution < -0.4 is 19.4 Å².